The molecule has 1 N–H and O–H groups in total. The molecule has 3 heterocycles. The Morgan fingerprint density at radius 2 is 2.14 bits per heavy atom. The van der Waals surface area contributed by atoms with Crippen molar-refractivity contribution in [3.05, 3.63) is 28.1 Å². The van der Waals surface area contributed by atoms with Gasteiger partial charge in [-0.3, -0.25) is 14.3 Å². The monoisotopic (exact) mass is 323 g/mol. The summed E-state index contributed by atoms with van der Waals surface area (Å²) < 4.78 is 7.18. The van der Waals surface area contributed by atoms with Gasteiger partial charge in [0.1, 0.15) is 4.83 Å². The molecule has 1 saturated heterocycles. The molecule has 6 nitrogen and oxygen atoms in total. The highest BCUT2D eigenvalue weighted by atomic mass is 32.1. The summed E-state index contributed by atoms with van der Waals surface area (Å²) in [5, 5.41) is 12.8. The van der Waals surface area contributed by atoms with E-state index in [4.69, 9.17) is 4.74 Å². The van der Waals surface area contributed by atoms with E-state index >= 15 is 0 Å². The van der Waals surface area contributed by atoms with Crippen molar-refractivity contribution in [2.24, 2.45) is 0 Å². The third kappa shape index (κ3) is 3.38. The number of hydrogen-bond donors (Lipinski definition) is 1. The van der Waals surface area contributed by atoms with Crippen molar-refractivity contribution in [1.29, 1.82) is 0 Å². The van der Waals surface area contributed by atoms with Gasteiger partial charge < -0.3 is 9.84 Å². The number of fused-ring (bicyclic) bond motifs is 1. The van der Waals surface area contributed by atoms with Crippen LogP contribution in [0, 0.1) is 0 Å². The van der Waals surface area contributed by atoms with Gasteiger partial charge in [0, 0.05) is 19.6 Å². The van der Waals surface area contributed by atoms with E-state index in [0.29, 0.717) is 11.9 Å². The third-order valence-electron chi connectivity index (χ3n) is 3.82. The lowest BCUT2D eigenvalue weighted by molar-refractivity contribution is -0.0773. The van der Waals surface area contributed by atoms with Crippen molar-refractivity contribution in [2.45, 2.75) is 38.7 Å². The lowest BCUT2D eigenvalue weighted by Crippen LogP contribution is -2.48. The maximum Gasteiger partial charge on any atom is 0.262 e. The fraction of sp³-hybridized carbons (Fsp3) is 0.600. The largest absolute Gasteiger partial charge is 0.390 e. The standard InChI is InChI=1S/C15H21N3O3S/c1-10-5-17(6-11(2)21-10)7-12(19)8-18-9-16-14-13(15(18)20)3-4-22-14/h3-4,9-12,19H,5-8H2,1-2H3/t10-,11+,12-/m0/s1. The fourth-order valence-electron chi connectivity index (χ4n) is 3.04. The van der Waals surface area contributed by atoms with Crippen molar-refractivity contribution in [1.82, 2.24) is 14.5 Å². The summed E-state index contributed by atoms with van der Waals surface area (Å²) in [6.45, 7) is 6.47. The van der Waals surface area contributed by atoms with Crippen LogP contribution in [-0.4, -0.2) is 57.5 Å². The Morgan fingerprint density at radius 3 is 2.86 bits per heavy atom. The van der Waals surface area contributed by atoms with E-state index in [0.717, 1.165) is 17.9 Å². The van der Waals surface area contributed by atoms with Gasteiger partial charge in [-0.1, -0.05) is 0 Å². The molecule has 1 aliphatic heterocycles. The summed E-state index contributed by atoms with van der Waals surface area (Å²) in [4.78, 5) is 19.5. The van der Waals surface area contributed by atoms with Crippen LogP contribution in [0.25, 0.3) is 10.2 Å². The second-order valence-corrected chi connectivity index (χ2v) is 6.87. The average Bonchev–Trinajstić information content (AvgIpc) is 2.90. The maximum atomic E-state index is 12.3. The Morgan fingerprint density at radius 1 is 1.41 bits per heavy atom. The highest BCUT2D eigenvalue weighted by Crippen LogP contribution is 2.14. The van der Waals surface area contributed by atoms with Gasteiger partial charge in [0.15, 0.2) is 0 Å². The molecule has 0 spiro atoms. The smallest absolute Gasteiger partial charge is 0.262 e. The number of rotatable bonds is 4. The minimum atomic E-state index is -0.604. The first-order valence-corrected chi connectivity index (χ1v) is 8.39. The number of aromatic nitrogens is 2. The summed E-state index contributed by atoms with van der Waals surface area (Å²) in [5.74, 6) is 0. The summed E-state index contributed by atoms with van der Waals surface area (Å²) in [6, 6.07) is 1.78. The third-order valence-corrected chi connectivity index (χ3v) is 4.64. The van der Waals surface area contributed by atoms with Crippen LogP contribution in [0.5, 0.6) is 0 Å². The second kappa shape index (κ2) is 6.45. The average molecular weight is 323 g/mol. The number of thiophene rings is 1. The Labute approximate surface area is 133 Å². The molecule has 22 heavy (non-hydrogen) atoms. The van der Waals surface area contributed by atoms with Crippen LogP contribution < -0.4 is 5.56 Å². The first-order chi connectivity index (χ1) is 10.5. The predicted octanol–water partition coefficient (Wildman–Crippen LogP) is 0.928. The van der Waals surface area contributed by atoms with Crippen molar-refractivity contribution in [3.63, 3.8) is 0 Å². The van der Waals surface area contributed by atoms with Gasteiger partial charge in [0.05, 0.1) is 36.6 Å². The molecule has 3 rings (SSSR count). The minimum absolute atomic E-state index is 0.0889. The van der Waals surface area contributed by atoms with Gasteiger partial charge in [0.25, 0.3) is 5.56 Å². The maximum absolute atomic E-state index is 12.3. The first kappa shape index (κ1) is 15.6. The number of hydrogen-bond acceptors (Lipinski definition) is 6. The highest BCUT2D eigenvalue weighted by molar-refractivity contribution is 7.16. The normalized spacial score (nSPS) is 24.7. The molecule has 0 aliphatic carbocycles. The van der Waals surface area contributed by atoms with Crippen LogP contribution in [0.3, 0.4) is 0 Å². The Bertz CT molecular complexity index is 689. The van der Waals surface area contributed by atoms with Crippen LogP contribution in [0.15, 0.2) is 22.6 Å². The Balaban J connectivity index is 1.66. The topological polar surface area (TPSA) is 67.6 Å². The van der Waals surface area contributed by atoms with Crippen molar-refractivity contribution < 1.29 is 9.84 Å². The van der Waals surface area contributed by atoms with Crippen LogP contribution in [0.1, 0.15) is 13.8 Å². The van der Waals surface area contributed by atoms with Crippen molar-refractivity contribution >= 4 is 21.6 Å². The van der Waals surface area contributed by atoms with Gasteiger partial charge in [0.2, 0.25) is 0 Å². The summed E-state index contributed by atoms with van der Waals surface area (Å²) in [7, 11) is 0. The SMILES string of the molecule is C[C@@H]1CN(C[C@H](O)Cn2cnc3sccc3c2=O)C[C@H](C)O1. The van der Waals surface area contributed by atoms with Crippen molar-refractivity contribution in [3.8, 4) is 0 Å². The van der Waals surface area contributed by atoms with E-state index in [9.17, 15) is 9.90 Å². The quantitative estimate of drug-likeness (QED) is 0.906. The molecular weight excluding hydrogens is 302 g/mol. The fourth-order valence-corrected chi connectivity index (χ4v) is 3.76. The molecule has 0 aromatic carbocycles. The molecule has 0 unspecified atom stereocenters. The van der Waals surface area contributed by atoms with Gasteiger partial charge in [-0.05, 0) is 25.3 Å². The molecule has 2 aromatic heterocycles. The summed E-state index contributed by atoms with van der Waals surface area (Å²) >= 11 is 1.45. The second-order valence-electron chi connectivity index (χ2n) is 5.97. The zero-order valence-electron chi connectivity index (χ0n) is 12.8. The Kier molecular flexibility index (Phi) is 4.58. The number of β-amino-alcohol motifs (C(OH)–C–C–N with tert-alkyl or cyclic N) is 1. The van der Waals surface area contributed by atoms with Gasteiger partial charge in [-0.2, -0.15) is 0 Å². The van der Waals surface area contributed by atoms with E-state index in [1.54, 1.807) is 6.07 Å². The van der Waals surface area contributed by atoms with E-state index in [-0.39, 0.29) is 24.3 Å². The van der Waals surface area contributed by atoms with Crippen LogP contribution in [-0.2, 0) is 11.3 Å². The molecule has 0 bridgehead atoms. The van der Waals surface area contributed by atoms with E-state index < -0.39 is 6.10 Å². The van der Waals surface area contributed by atoms with Crippen LogP contribution in [0.2, 0.25) is 0 Å². The van der Waals surface area contributed by atoms with E-state index in [1.165, 1.54) is 22.2 Å². The number of nitrogens with zero attached hydrogens (tertiary/aromatic N) is 3. The van der Waals surface area contributed by atoms with Gasteiger partial charge in [-0.25, -0.2) is 4.98 Å². The molecule has 3 atom stereocenters. The lowest BCUT2D eigenvalue weighted by Gasteiger charge is -2.36. The number of ether oxygens (including phenoxy) is 1. The number of aliphatic hydroxyl groups excluding tert-OH is 1. The van der Waals surface area contributed by atoms with Crippen LogP contribution >= 0.6 is 11.3 Å². The summed E-state index contributed by atoms with van der Waals surface area (Å²) in [6.07, 6.45) is 1.26. The Hall–Kier alpha value is -1.28. The predicted molar refractivity (Wildman–Crippen MR) is 86.3 cm³/mol. The first-order valence-electron chi connectivity index (χ1n) is 7.51. The van der Waals surface area contributed by atoms with Crippen LogP contribution in [0.4, 0.5) is 0 Å². The van der Waals surface area contributed by atoms with E-state index in [2.05, 4.69) is 9.88 Å². The van der Waals surface area contributed by atoms with Gasteiger partial charge in [-0.15, -0.1) is 11.3 Å². The van der Waals surface area contributed by atoms with E-state index in [1.807, 2.05) is 19.2 Å². The molecule has 1 fully saturated rings. The zero-order chi connectivity index (χ0) is 15.7. The molecule has 7 heteroatoms. The number of aliphatic hydroxyl groups is 1. The molecule has 1 aliphatic rings. The zero-order valence-corrected chi connectivity index (χ0v) is 13.6. The van der Waals surface area contributed by atoms with Gasteiger partial charge >= 0.3 is 0 Å². The summed E-state index contributed by atoms with van der Waals surface area (Å²) in [5.41, 5.74) is -0.0889. The highest BCUT2D eigenvalue weighted by Gasteiger charge is 2.24. The lowest BCUT2D eigenvalue weighted by atomic mass is 10.2. The molecular formula is C15H21N3O3S. The van der Waals surface area contributed by atoms with Crippen molar-refractivity contribution in [2.75, 3.05) is 19.6 Å². The molecule has 120 valence electrons. The minimum Gasteiger partial charge on any atom is -0.390 e. The number of morpholine rings is 1. The molecule has 0 amide bonds. The molecule has 0 saturated carbocycles. The molecule has 2 aromatic rings. The molecule has 0 radical (unpaired) electrons.